The van der Waals surface area contributed by atoms with Crippen LogP contribution in [0.2, 0.25) is 0 Å². The van der Waals surface area contributed by atoms with Crippen molar-refractivity contribution in [2.45, 2.75) is 0 Å². The summed E-state index contributed by atoms with van der Waals surface area (Å²) in [5, 5.41) is 2.23. The third kappa shape index (κ3) is 1.27. The van der Waals surface area contributed by atoms with Crippen LogP contribution in [-0.2, 0) is 0 Å². The molecule has 0 saturated carbocycles. The predicted molar refractivity (Wildman–Crippen MR) is 71.3 cm³/mol. The zero-order valence-electron chi connectivity index (χ0n) is 9.55. The normalized spacial score (nSPS) is 11.3. The highest BCUT2D eigenvalue weighted by Crippen LogP contribution is 2.31. The van der Waals surface area contributed by atoms with Gasteiger partial charge in [-0.25, -0.2) is 4.98 Å². The van der Waals surface area contributed by atoms with Crippen molar-refractivity contribution in [1.82, 2.24) is 9.97 Å². The molecule has 3 heterocycles. The van der Waals surface area contributed by atoms with Gasteiger partial charge in [0.1, 0.15) is 11.2 Å². The van der Waals surface area contributed by atoms with Crippen molar-refractivity contribution in [1.29, 1.82) is 0 Å². The smallest absolute Gasteiger partial charge is 0.137 e. The number of H-pyrrole nitrogens is 1. The minimum atomic E-state index is 0.904. The second-order valence-electron chi connectivity index (χ2n) is 4.29. The van der Waals surface area contributed by atoms with E-state index in [2.05, 4.69) is 22.1 Å². The highest BCUT2D eigenvalue weighted by atomic mass is 16.3. The molecule has 3 heteroatoms. The van der Waals surface area contributed by atoms with Gasteiger partial charge in [-0.05, 0) is 18.2 Å². The monoisotopic (exact) mass is 234 g/mol. The molecular weight excluding hydrogens is 224 g/mol. The topological polar surface area (TPSA) is 41.8 Å². The second-order valence-corrected chi connectivity index (χ2v) is 4.29. The molecule has 0 saturated heterocycles. The summed E-state index contributed by atoms with van der Waals surface area (Å²) in [5.41, 5.74) is 3.97. The van der Waals surface area contributed by atoms with Crippen LogP contribution < -0.4 is 0 Å². The Morgan fingerprint density at radius 3 is 3.06 bits per heavy atom. The average Bonchev–Trinajstić information content (AvgIpc) is 3.04. The molecule has 0 amide bonds. The van der Waals surface area contributed by atoms with E-state index < -0.39 is 0 Å². The number of hydrogen-bond acceptors (Lipinski definition) is 2. The second kappa shape index (κ2) is 3.47. The Bertz CT molecular complexity index is 842. The van der Waals surface area contributed by atoms with Gasteiger partial charge in [-0.1, -0.05) is 18.2 Å². The molecule has 3 nitrogen and oxygen atoms in total. The number of aromatic amines is 1. The molecule has 18 heavy (non-hydrogen) atoms. The number of para-hydroxylation sites is 1. The number of pyridine rings is 1. The van der Waals surface area contributed by atoms with Gasteiger partial charge in [-0.15, -0.1) is 0 Å². The Hall–Kier alpha value is -2.55. The fourth-order valence-corrected chi connectivity index (χ4v) is 2.29. The van der Waals surface area contributed by atoms with Crippen LogP contribution in [0, 0.1) is 0 Å². The minimum absolute atomic E-state index is 0.904. The maximum atomic E-state index is 5.56. The molecule has 4 rings (SSSR count). The van der Waals surface area contributed by atoms with Gasteiger partial charge in [-0.3, -0.25) is 0 Å². The summed E-state index contributed by atoms with van der Waals surface area (Å²) in [6, 6.07) is 12.2. The molecule has 1 N–H and O–H groups in total. The molecule has 1 aromatic carbocycles. The van der Waals surface area contributed by atoms with E-state index in [0.29, 0.717) is 0 Å². The first-order valence-corrected chi connectivity index (χ1v) is 5.81. The van der Waals surface area contributed by atoms with Crippen LogP contribution in [-0.4, -0.2) is 9.97 Å². The summed E-state index contributed by atoms with van der Waals surface area (Å²) < 4.78 is 5.56. The lowest BCUT2D eigenvalue weighted by Crippen LogP contribution is -1.80. The third-order valence-corrected chi connectivity index (χ3v) is 3.19. The first kappa shape index (κ1) is 9.48. The number of rotatable bonds is 1. The fourth-order valence-electron chi connectivity index (χ4n) is 2.29. The minimum Gasteiger partial charge on any atom is -0.464 e. The average molecular weight is 234 g/mol. The number of benzene rings is 1. The van der Waals surface area contributed by atoms with Crippen LogP contribution >= 0.6 is 0 Å². The van der Waals surface area contributed by atoms with Gasteiger partial charge >= 0.3 is 0 Å². The van der Waals surface area contributed by atoms with Gasteiger partial charge in [0, 0.05) is 34.3 Å². The molecule has 4 aromatic rings. The molecule has 0 aliphatic rings. The first-order valence-electron chi connectivity index (χ1n) is 5.81. The Labute approximate surface area is 103 Å². The summed E-state index contributed by atoms with van der Waals surface area (Å²) in [6.07, 6.45) is 5.56. The first-order chi connectivity index (χ1) is 8.92. The number of fused-ring (bicyclic) bond motifs is 2. The van der Waals surface area contributed by atoms with E-state index >= 15 is 0 Å². The van der Waals surface area contributed by atoms with E-state index in [9.17, 15) is 0 Å². The number of aromatic nitrogens is 2. The quantitative estimate of drug-likeness (QED) is 0.541. The Kier molecular flexibility index (Phi) is 1.83. The van der Waals surface area contributed by atoms with E-state index in [1.54, 1.807) is 6.26 Å². The Balaban J connectivity index is 2.00. The van der Waals surface area contributed by atoms with Crippen LogP contribution in [0.4, 0.5) is 0 Å². The maximum absolute atomic E-state index is 5.56. The van der Waals surface area contributed by atoms with Gasteiger partial charge in [-0.2, -0.15) is 0 Å². The summed E-state index contributed by atoms with van der Waals surface area (Å²) in [7, 11) is 0. The number of nitrogens with one attached hydrogen (secondary N) is 1. The van der Waals surface area contributed by atoms with Gasteiger partial charge in [0.25, 0.3) is 0 Å². The summed E-state index contributed by atoms with van der Waals surface area (Å²) in [5.74, 6) is 0. The zero-order valence-corrected chi connectivity index (χ0v) is 9.55. The molecule has 0 radical (unpaired) electrons. The highest BCUT2D eigenvalue weighted by Gasteiger charge is 2.08. The van der Waals surface area contributed by atoms with Crippen molar-refractivity contribution in [2.75, 3.05) is 0 Å². The number of furan rings is 1. The van der Waals surface area contributed by atoms with Crippen LogP contribution in [0.3, 0.4) is 0 Å². The van der Waals surface area contributed by atoms with Crippen molar-refractivity contribution in [3.05, 3.63) is 55.1 Å². The van der Waals surface area contributed by atoms with Gasteiger partial charge in [0.05, 0.1) is 6.26 Å². The molecule has 0 bridgehead atoms. The molecule has 0 fully saturated rings. The lowest BCUT2D eigenvalue weighted by atomic mass is 10.1. The third-order valence-electron chi connectivity index (χ3n) is 3.19. The fraction of sp³-hybridized carbons (Fsp3) is 0. The van der Waals surface area contributed by atoms with E-state index in [1.807, 2.05) is 36.7 Å². The molecule has 0 aliphatic carbocycles. The highest BCUT2D eigenvalue weighted by molar-refractivity contribution is 5.95. The Morgan fingerprint density at radius 2 is 2.06 bits per heavy atom. The van der Waals surface area contributed by atoms with Crippen LogP contribution in [0.5, 0.6) is 0 Å². The van der Waals surface area contributed by atoms with Crippen molar-refractivity contribution < 1.29 is 4.42 Å². The number of nitrogens with zero attached hydrogens (tertiary/aromatic N) is 1. The van der Waals surface area contributed by atoms with Crippen LogP contribution in [0.25, 0.3) is 33.1 Å². The lowest BCUT2D eigenvalue weighted by Gasteiger charge is -1.98. The standard InChI is InChI=1S/C15H10N2O/c1-2-4-14-12(3-1)13(9-18-14)11-7-10-5-6-16-15(10)17-8-11/h1-9H,(H,16,17). The Morgan fingerprint density at radius 1 is 1.11 bits per heavy atom. The predicted octanol–water partition coefficient (Wildman–Crippen LogP) is 3.98. The van der Waals surface area contributed by atoms with E-state index in [-0.39, 0.29) is 0 Å². The van der Waals surface area contributed by atoms with E-state index in [1.165, 1.54) is 0 Å². The van der Waals surface area contributed by atoms with Gasteiger partial charge in [0.2, 0.25) is 0 Å². The largest absolute Gasteiger partial charge is 0.464 e. The summed E-state index contributed by atoms with van der Waals surface area (Å²) in [6.45, 7) is 0. The number of hydrogen-bond donors (Lipinski definition) is 1. The van der Waals surface area contributed by atoms with Crippen molar-refractivity contribution in [2.24, 2.45) is 0 Å². The SMILES string of the molecule is c1ccc2c(-c3cnc4[nH]ccc4c3)coc2c1. The molecule has 0 atom stereocenters. The molecule has 86 valence electrons. The van der Waals surface area contributed by atoms with Crippen LogP contribution in [0.1, 0.15) is 0 Å². The molecule has 0 spiro atoms. The summed E-state index contributed by atoms with van der Waals surface area (Å²) in [4.78, 5) is 7.50. The lowest BCUT2D eigenvalue weighted by molar-refractivity contribution is 0.617. The molecular formula is C15H10N2O. The maximum Gasteiger partial charge on any atom is 0.137 e. The summed E-state index contributed by atoms with van der Waals surface area (Å²) >= 11 is 0. The van der Waals surface area contributed by atoms with Crippen molar-refractivity contribution >= 4 is 22.0 Å². The van der Waals surface area contributed by atoms with Crippen LogP contribution in [0.15, 0.2) is 59.5 Å². The molecule has 0 aliphatic heterocycles. The van der Waals surface area contributed by atoms with Crippen molar-refractivity contribution in [3.63, 3.8) is 0 Å². The molecule has 3 aromatic heterocycles. The van der Waals surface area contributed by atoms with E-state index in [4.69, 9.17) is 4.42 Å². The molecule has 0 unspecified atom stereocenters. The van der Waals surface area contributed by atoms with Crippen molar-refractivity contribution in [3.8, 4) is 11.1 Å². The van der Waals surface area contributed by atoms with Gasteiger partial charge < -0.3 is 9.40 Å². The zero-order chi connectivity index (χ0) is 11.9. The van der Waals surface area contributed by atoms with Gasteiger partial charge in [0.15, 0.2) is 0 Å². The van der Waals surface area contributed by atoms with E-state index in [0.717, 1.165) is 33.1 Å².